The maximum Gasteiger partial charge on any atom is 0.225 e. The van der Waals surface area contributed by atoms with Crippen LogP contribution in [0, 0.1) is 12.3 Å². The van der Waals surface area contributed by atoms with Crippen molar-refractivity contribution in [1.29, 1.82) is 0 Å². The molecule has 2 aliphatic rings. The van der Waals surface area contributed by atoms with Crippen LogP contribution in [0.4, 0.5) is 5.69 Å². The highest BCUT2D eigenvalue weighted by Crippen LogP contribution is 2.43. The first kappa shape index (κ1) is 32.3. The highest BCUT2D eigenvalue weighted by molar-refractivity contribution is 7.84. The third kappa shape index (κ3) is 7.19. The van der Waals surface area contributed by atoms with Crippen molar-refractivity contribution >= 4 is 55.8 Å². The summed E-state index contributed by atoms with van der Waals surface area (Å²) in [5.74, 6) is -0.356. The number of aliphatic hydroxyl groups excluding tert-OH is 1. The third-order valence-corrected chi connectivity index (χ3v) is 9.79. The maximum atomic E-state index is 12.6. The molecule has 2 heterocycles. The highest BCUT2D eigenvalue weighted by atomic mass is 32.1. The maximum absolute atomic E-state index is 12.6. The summed E-state index contributed by atoms with van der Waals surface area (Å²) in [6.45, 7) is 8.69. The lowest BCUT2D eigenvalue weighted by Crippen LogP contribution is -2.62. The second-order valence-electron chi connectivity index (χ2n) is 10.2. The fraction of sp³-hybridized carbons (Fsp3) is 0.704. The summed E-state index contributed by atoms with van der Waals surface area (Å²) in [6, 6.07) is -0.491. The average molecular weight is 571 g/mol. The quantitative estimate of drug-likeness (QED) is 0.168. The number of nitrogens with zero attached hydrogens (tertiary/aromatic N) is 3. The lowest BCUT2D eigenvalue weighted by atomic mass is 9.71. The molecule has 0 bridgehead atoms. The van der Waals surface area contributed by atoms with E-state index < -0.39 is 11.5 Å². The standard InChI is InChI=1S/C26H42N4O2S3.CH4O/c1-4-5-6-7-8-19-18(2)22(33)21(24(35)23(19)34)30-15-13-29(14-16-30)20(17-31)26(25(27)32)9-11-28(3)12-10-26;1-2/h17,20,33-35H,4-16H2,1-3H3,(H2,27,32);2H,1H3. The van der Waals surface area contributed by atoms with Crippen LogP contribution in [0.1, 0.15) is 56.6 Å². The van der Waals surface area contributed by atoms with E-state index in [0.717, 1.165) is 72.8 Å². The van der Waals surface area contributed by atoms with E-state index in [0.29, 0.717) is 25.9 Å². The number of anilines is 1. The number of carbonyl (C=O) groups is 2. The Balaban J connectivity index is 0.00000235. The van der Waals surface area contributed by atoms with Crippen LogP contribution in [0.25, 0.3) is 0 Å². The zero-order valence-electron chi connectivity index (χ0n) is 22.9. The van der Waals surface area contributed by atoms with Gasteiger partial charge >= 0.3 is 0 Å². The molecular weight excluding hydrogens is 525 g/mol. The minimum absolute atomic E-state index is 0.356. The molecular formula is C27H46N4O3S3. The summed E-state index contributed by atoms with van der Waals surface area (Å²) in [7, 11) is 3.04. The van der Waals surface area contributed by atoms with Crippen LogP contribution < -0.4 is 10.6 Å². The molecule has 1 unspecified atom stereocenters. The lowest BCUT2D eigenvalue weighted by molar-refractivity contribution is -0.140. The molecule has 210 valence electrons. The van der Waals surface area contributed by atoms with Crippen LogP contribution in [0.2, 0.25) is 0 Å². The van der Waals surface area contributed by atoms with E-state index in [1.165, 1.54) is 30.4 Å². The minimum Gasteiger partial charge on any atom is -0.400 e. The molecule has 37 heavy (non-hydrogen) atoms. The smallest absolute Gasteiger partial charge is 0.225 e. The molecule has 0 radical (unpaired) electrons. The van der Waals surface area contributed by atoms with Crippen molar-refractivity contribution in [3.05, 3.63) is 11.1 Å². The van der Waals surface area contributed by atoms with Gasteiger partial charge in [-0.2, -0.15) is 0 Å². The van der Waals surface area contributed by atoms with E-state index >= 15 is 0 Å². The van der Waals surface area contributed by atoms with Gasteiger partial charge in [0.05, 0.1) is 17.1 Å². The van der Waals surface area contributed by atoms with Crippen molar-refractivity contribution in [1.82, 2.24) is 9.80 Å². The van der Waals surface area contributed by atoms with Gasteiger partial charge in [-0.3, -0.25) is 9.69 Å². The zero-order chi connectivity index (χ0) is 27.8. The number of thiol groups is 3. The largest absolute Gasteiger partial charge is 0.400 e. The van der Waals surface area contributed by atoms with Gasteiger partial charge in [-0.25, -0.2) is 0 Å². The number of likely N-dealkylation sites (tertiary alicyclic amines) is 1. The summed E-state index contributed by atoms with van der Waals surface area (Å²) < 4.78 is 0. The number of piperazine rings is 1. The Morgan fingerprint density at radius 2 is 1.59 bits per heavy atom. The highest BCUT2D eigenvalue weighted by Gasteiger charge is 2.48. The van der Waals surface area contributed by atoms with E-state index in [-0.39, 0.29) is 5.91 Å². The van der Waals surface area contributed by atoms with Crippen LogP contribution in [0.5, 0.6) is 0 Å². The zero-order valence-corrected chi connectivity index (χ0v) is 25.6. The van der Waals surface area contributed by atoms with Crippen LogP contribution in [-0.4, -0.2) is 86.6 Å². The van der Waals surface area contributed by atoms with E-state index in [4.69, 9.17) is 48.7 Å². The van der Waals surface area contributed by atoms with Crippen molar-refractivity contribution in [3.8, 4) is 0 Å². The Labute approximate surface area is 239 Å². The van der Waals surface area contributed by atoms with Gasteiger partial charge in [0.1, 0.15) is 6.29 Å². The number of amides is 1. The number of rotatable bonds is 10. The molecule has 1 aromatic rings. The molecule has 1 aromatic carbocycles. The number of hydrogen-bond donors (Lipinski definition) is 5. The number of carbonyl (C=O) groups excluding carboxylic acids is 2. The number of hydrogen-bond acceptors (Lipinski definition) is 9. The van der Waals surface area contributed by atoms with Gasteiger partial charge in [-0.05, 0) is 63.9 Å². The topological polar surface area (TPSA) is 90.1 Å². The van der Waals surface area contributed by atoms with Crippen molar-refractivity contribution < 1.29 is 14.7 Å². The summed E-state index contributed by atoms with van der Waals surface area (Å²) in [5, 5.41) is 7.00. The Morgan fingerprint density at radius 1 is 1.00 bits per heavy atom. The van der Waals surface area contributed by atoms with E-state index in [9.17, 15) is 9.59 Å². The van der Waals surface area contributed by atoms with Crippen LogP contribution in [0.3, 0.4) is 0 Å². The van der Waals surface area contributed by atoms with Crippen molar-refractivity contribution in [2.45, 2.75) is 79.5 Å². The predicted molar refractivity (Wildman–Crippen MR) is 161 cm³/mol. The molecule has 2 fully saturated rings. The van der Waals surface area contributed by atoms with Gasteiger partial charge in [0.2, 0.25) is 5.91 Å². The van der Waals surface area contributed by atoms with Crippen molar-refractivity contribution in [3.63, 3.8) is 0 Å². The summed E-state index contributed by atoms with van der Waals surface area (Å²) >= 11 is 14.7. The summed E-state index contributed by atoms with van der Waals surface area (Å²) in [6.07, 6.45) is 8.01. The summed E-state index contributed by atoms with van der Waals surface area (Å²) in [4.78, 5) is 34.3. The van der Waals surface area contributed by atoms with E-state index in [1.807, 2.05) is 7.05 Å². The van der Waals surface area contributed by atoms with Gasteiger partial charge < -0.3 is 25.4 Å². The Bertz CT molecular complexity index is 886. The molecule has 1 atom stereocenters. The molecule has 3 N–H and O–H groups in total. The molecule has 0 aromatic heterocycles. The fourth-order valence-electron chi connectivity index (χ4n) is 5.69. The number of aliphatic hydroxyl groups is 1. The molecule has 7 nitrogen and oxygen atoms in total. The second kappa shape index (κ2) is 15.0. The molecule has 3 rings (SSSR count). The SMILES string of the molecule is CCCCCCc1c(C)c(S)c(N2CCN(C(C=O)C3(C(N)=O)CCN(C)CC3)CC2)c(S)c1S.CO. The van der Waals surface area contributed by atoms with Crippen LogP contribution in [0.15, 0.2) is 14.7 Å². The number of nitrogens with two attached hydrogens (primary N) is 1. The molecule has 0 saturated carbocycles. The Morgan fingerprint density at radius 3 is 2.11 bits per heavy atom. The van der Waals surface area contributed by atoms with Gasteiger partial charge in [-0.15, -0.1) is 37.9 Å². The third-order valence-electron chi connectivity index (χ3n) is 8.14. The number of benzene rings is 1. The average Bonchev–Trinajstić information content (AvgIpc) is 2.90. The van der Waals surface area contributed by atoms with Crippen molar-refractivity contribution in [2.24, 2.45) is 11.1 Å². The fourth-order valence-corrected chi connectivity index (χ4v) is 6.94. The molecule has 0 spiro atoms. The molecule has 2 saturated heterocycles. The monoisotopic (exact) mass is 570 g/mol. The van der Waals surface area contributed by atoms with Gasteiger partial charge in [0.15, 0.2) is 0 Å². The first-order valence-corrected chi connectivity index (χ1v) is 14.7. The lowest BCUT2D eigenvalue weighted by Gasteiger charge is -2.48. The van der Waals surface area contributed by atoms with Crippen LogP contribution in [-0.2, 0) is 16.0 Å². The van der Waals surface area contributed by atoms with E-state index in [1.54, 1.807) is 0 Å². The Kier molecular flexibility index (Phi) is 13.1. The molecule has 0 aliphatic carbocycles. The van der Waals surface area contributed by atoms with E-state index in [2.05, 4.69) is 28.5 Å². The molecule has 1 amide bonds. The first-order chi connectivity index (χ1) is 17.7. The summed E-state index contributed by atoms with van der Waals surface area (Å²) in [5.41, 5.74) is 8.54. The normalized spacial score (nSPS) is 19.2. The van der Waals surface area contributed by atoms with Gasteiger partial charge in [0, 0.05) is 48.0 Å². The van der Waals surface area contributed by atoms with Gasteiger partial charge in [-0.1, -0.05) is 26.2 Å². The number of piperidine rings is 1. The second-order valence-corrected chi connectivity index (χ2v) is 11.6. The number of unbranched alkanes of at least 4 members (excludes halogenated alkanes) is 3. The minimum atomic E-state index is -0.797. The number of primary amides is 1. The molecule has 10 heteroatoms. The molecule has 2 aliphatic heterocycles. The van der Waals surface area contributed by atoms with Crippen molar-refractivity contribution in [2.75, 3.05) is 58.3 Å². The van der Waals surface area contributed by atoms with Gasteiger partial charge in [0.25, 0.3) is 0 Å². The predicted octanol–water partition coefficient (Wildman–Crippen LogP) is 3.48. The Hall–Kier alpha value is -0.910. The first-order valence-electron chi connectivity index (χ1n) is 13.3. The number of aldehydes is 1. The van der Waals surface area contributed by atoms with Crippen LogP contribution >= 0.6 is 37.9 Å².